The summed E-state index contributed by atoms with van der Waals surface area (Å²) in [6.45, 7) is 4.85. The Bertz CT molecular complexity index is 2740. The van der Waals surface area contributed by atoms with Crippen LogP contribution in [0, 0.1) is 0 Å². The molecule has 23 heteroatoms. The van der Waals surface area contributed by atoms with Gasteiger partial charge >= 0.3 is 5.51 Å². The number of anilines is 2. The van der Waals surface area contributed by atoms with Gasteiger partial charge in [0.25, 0.3) is 37.6 Å². The first-order valence-corrected chi connectivity index (χ1v) is 25.5. The summed E-state index contributed by atoms with van der Waals surface area (Å²) in [5, 5.41) is 8.32. The van der Waals surface area contributed by atoms with E-state index in [4.69, 9.17) is 4.74 Å². The molecule has 0 radical (unpaired) electrons. The number of alkyl halides is 3. The van der Waals surface area contributed by atoms with Crippen LogP contribution in [0.25, 0.3) is 0 Å². The van der Waals surface area contributed by atoms with Crippen molar-refractivity contribution in [3.05, 3.63) is 114 Å². The molecule has 68 heavy (non-hydrogen) atoms. The lowest BCUT2D eigenvalue weighted by atomic mass is 10.0. The highest BCUT2D eigenvalue weighted by molar-refractivity contribution is 7.99. The number of halogens is 3. The highest BCUT2D eigenvalue weighted by atomic mass is 32.2. The van der Waals surface area contributed by atoms with Crippen LogP contribution in [-0.2, 0) is 34.2 Å². The number of sulfonamides is 1. The minimum Gasteiger partial charge on any atom is -0.382 e. The number of nitrogens with one attached hydrogen (secondary N) is 4. The molecule has 2 atom stereocenters. The third-order valence-electron chi connectivity index (χ3n) is 11.5. The molecule has 2 saturated heterocycles. The first-order valence-electron chi connectivity index (χ1n) is 21.6. The second-order valence-corrected chi connectivity index (χ2v) is 20.7. The number of carbonyl (C=O) groups excluding carboxylic acids is 5. The summed E-state index contributed by atoms with van der Waals surface area (Å²) < 4.78 is 102. The van der Waals surface area contributed by atoms with E-state index in [1.54, 1.807) is 22.9 Å². The fourth-order valence-corrected chi connectivity index (χ4v) is 10.9. The third-order valence-corrected chi connectivity index (χ3v) is 15.5. The average molecular weight is 1000 g/mol. The van der Waals surface area contributed by atoms with Gasteiger partial charge in [0, 0.05) is 80.2 Å². The molecule has 0 unspecified atom stereocenters. The SMILES string of the molecule is O=C1CC[C@@H](N2C(=O)c3cccc(NCCOCCN4CCN(CC[C@H](CSc5ccccc5)Nc5ccc(S(=O)(=O)NC(=O)c6ccccc6)cc5S(=O)(=O)C(F)(F)F)CC4)c3C2=O)C(=O)N1. The van der Waals surface area contributed by atoms with Crippen LogP contribution >= 0.6 is 11.8 Å². The normalized spacial score (nSPS) is 17.7. The van der Waals surface area contributed by atoms with Gasteiger partial charge in [-0.1, -0.05) is 42.5 Å². The maximum Gasteiger partial charge on any atom is 0.501 e. The van der Waals surface area contributed by atoms with Gasteiger partial charge in [0.2, 0.25) is 11.8 Å². The van der Waals surface area contributed by atoms with Crippen LogP contribution in [0.15, 0.2) is 112 Å². The summed E-state index contributed by atoms with van der Waals surface area (Å²) >= 11 is 1.41. The summed E-state index contributed by atoms with van der Waals surface area (Å²) in [6.07, 6.45) is 0.455. The van der Waals surface area contributed by atoms with Crippen molar-refractivity contribution in [1.29, 1.82) is 0 Å². The van der Waals surface area contributed by atoms with Crippen LogP contribution in [-0.4, -0.2) is 143 Å². The van der Waals surface area contributed by atoms with Crippen molar-refractivity contribution in [3.63, 3.8) is 0 Å². The lowest BCUT2D eigenvalue weighted by molar-refractivity contribution is -0.136. The minimum absolute atomic E-state index is 0.0184. The monoisotopic (exact) mass is 999 g/mol. The van der Waals surface area contributed by atoms with Crippen molar-refractivity contribution in [1.82, 2.24) is 24.7 Å². The van der Waals surface area contributed by atoms with Gasteiger partial charge in [-0.05, 0) is 67.4 Å². The van der Waals surface area contributed by atoms with Crippen molar-refractivity contribution in [3.8, 4) is 0 Å². The molecule has 3 heterocycles. The van der Waals surface area contributed by atoms with E-state index >= 15 is 0 Å². The Kier molecular flexibility index (Phi) is 15.9. The maximum absolute atomic E-state index is 14.1. The Morgan fingerprint density at radius 3 is 2.16 bits per heavy atom. The molecular weight excluding hydrogens is 952 g/mol. The van der Waals surface area contributed by atoms with E-state index in [2.05, 4.69) is 25.8 Å². The molecule has 0 spiro atoms. The number of piperidine rings is 1. The summed E-state index contributed by atoms with van der Waals surface area (Å²) in [7, 11) is -10.9. The highest BCUT2D eigenvalue weighted by Crippen LogP contribution is 2.37. The number of amides is 5. The van der Waals surface area contributed by atoms with Crippen molar-refractivity contribution in [2.45, 2.75) is 51.5 Å². The van der Waals surface area contributed by atoms with E-state index < -0.39 is 82.5 Å². The Morgan fingerprint density at radius 2 is 1.49 bits per heavy atom. The van der Waals surface area contributed by atoms with Crippen molar-refractivity contribution in [2.24, 2.45) is 0 Å². The lowest BCUT2D eigenvalue weighted by Crippen LogP contribution is -2.54. The highest BCUT2D eigenvalue weighted by Gasteiger charge is 2.49. The fraction of sp³-hybridized carbons (Fsp3) is 0.356. The molecule has 0 bridgehead atoms. The Labute approximate surface area is 395 Å². The summed E-state index contributed by atoms with van der Waals surface area (Å²) in [4.78, 5) is 67.3. The van der Waals surface area contributed by atoms with E-state index in [0.717, 1.165) is 21.9 Å². The van der Waals surface area contributed by atoms with Gasteiger partial charge in [-0.2, -0.15) is 13.2 Å². The molecule has 3 aliphatic rings. The molecule has 0 saturated carbocycles. The van der Waals surface area contributed by atoms with Crippen molar-refractivity contribution >= 4 is 72.5 Å². The van der Waals surface area contributed by atoms with Crippen LogP contribution in [0.5, 0.6) is 0 Å². The average Bonchev–Trinajstić information content (AvgIpc) is 3.57. The molecule has 7 rings (SSSR count). The van der Waals surface area contributed by atoms with Gasteiger partial charge in [0.05, 0.1) is 34.9 Å². The van der Waals surface area contributed by atoms with E-state index in [9.17, 15) is 54.0 Å². The molecule has 0 aliphatic carbocycles. The first-order chi connectivity index (χ1) is 32.4. The maximum atomic E-state index is 14.1. The van der Waals surface area contributed by atoms with Gasteiger partial charge in [0.1, 0.15) is 10.9 Å². The van der Waals surface area contributed by atoms with Crippen LogP contribution in [0.4, 0.5) is 24.5 Å². The Balaban J connectivity index is 0.918. The zero-order chi connectivity index (χ0) is 48.6. The number of piperazine rings is 1. The molecule has 5 amide bonds. The molecule has 4 aromatic carbocycles. The van der Waals surface area contributed by atoms with E-state index in [0.29, 0.717) is 76.3 Å². The first kappa shape index (κ1) is 50.0. The number of hydrogen-bond acceptors (Lipinski definition) is 15. The number of thioether (sulfide) groups is 1. The minimum atomic E-state index is -6.09. The molecule has 0 aromatic heterocycles. The topological polar surface area (TPSA) is 221 Å². The van der Waals surface area contributed by atoms with Crippen LogP contribution in [0.3, 0.4) is 0 Å². The van der Waals surface area contributed by atoms with E-state index in [1.807, 2.05) is 30.3 Å². The zero-order valence-corrected chi connectivity index (χ0v) is 38.8. The van der Waals surface area contributed by atoms with Gasteiger partial charge in [0.15, 0.2) is 0 Å². The number of hydrogen-bond donors (Lipinski definition) is 4. The molecule has 17 nitrogen and oxygen atoms in total. The largest absolute Gasteiger partial charge is 0.501 e. The number of benzene rings is 4. The van der Waals surface area contributed by atoms with E-state index in [-0.39, 0.29) is 36.1 Å². The smallest absolute Gasteiger partial charge is 0.382 e. The number of imide groups is 2. The lowest BCUT2D eigenvalue weighted by Gasteiger charge is -2.35. The van der Waals surface area contributed by atoms with Gasteiger partial charge < -0.3 is 20.3 Å². The van der Waals surface area contributed by atoms with Crippen LogP contribution in [0.2, 0.25) is 0 Å². The fourth-order valence-electron chi connectivity index (χ4n) is 7.89. The molecule has 4 aromatic rings. The van der Waals surface area contributed by atoms with Gasteiger partial charge in [-0.3, -0.25) is 39.1 Å². The van der Waals surface area contributed by atoms with Gasteiger partial charge in [-0.25, -0.2) is 21.6 Å². The molecular formula is C45H48F3N7O10S3. The number of rotatable bonds is 20. The standard InChI is InChI=1S/C45H48F3N7O10S3/c46-45(47,48)67(61,62)38-28-33(68(63,64)52-41(57)30-8-3-1-4-9-30)14-15-35(38)50-31(29-66-32-10-5-2-6-11-32)18-20-53-21-23-54(24-22-53)25-27-65-26-19-49-36-13-7-12-34-40(36)44(60)55(43(34)59)37-16-17-39(56)51-42(37)58/h1-15,28,31,37,49-50H,16-27,29H2,(H,52,57)(H,51,56,58)/t31-,37-/m1/s1. The predicted molar refractivity (Wildman–Crippen MR) is 245 cm³/mol. The number of fused-ring (bicyclic) bond motifs is 1. The second-order valence-electron chi connectivity index (χ2n) is 16.1. The summed E-state index contributed by atoms with van der Waals surface area (Å²) in [5.74, 6) is -3.09. The quantitative estimate of drug-likeness (QED) is 0.0554. The number of carbonyl (C=O) groups is 5. The molecule has 362 valence electrons. The molecule has 2 fully saturated rings. The summed E-state index contributed by atoms with van der Waals surface area (Å²) in [6, 6.07) is 22.0. The zero-order valence-electron chi connectivity index (χ0n) is 36.4. The Morgan fingerprint density at radius 1 is 0.809 bits per heavy atom. The predicted octanol–water partition coefficient (Wildman–Crippen LogP) is 4.21. The van der Waals surface area contributed by atoms with E-state index in [1.165, 1.54) is 42.1 Å². The summed E-state index contributed by atoms with van der Waals surface area (Å²) in [5.41, 5.74) is -5.50. The second kappa shape index (κ2) is 21.6. The van der Waals surface area contributed by atoms with Crippen LogP contribution in [0.1, 0.15) is 50.3 Å². The van der Waals surface area contributed by atoms with Crippen molar-refractivity contribution < 1.29 is 58.7 Å². The molecule has 4 N–H and O–H groups in total. The van der Waals surface area contributed by atoms with Gasteiger partial charge in [-0.15, -0.1) is 11.8 Å². The number of nitrogens with zero attached hydrogens (tertiary/aromatic N) is 3. The van der Waals surface area contributed by atoms with Crippen molar-refractivity contribution in [2.75, 3.05) is 75.4 Å². The number of sulfone groups is 1. The van der Waals surface area contributed by atoms with Crippen LogP contribution < -0.4 is 20.7 Å². The molecule has 3 aliphatic heterocycles. The number of ether oxygens (including phenoxy) is 1. The third kappa shape index (κ3) is 11.9. The Hall–Kier alpha value is -5.85.